The average Bonchev–Trinajstić information content (AvgIpc) is 3.12. The van der Waals surface area contributed by atoms with E-state index < -0.39 is 0 Å². The molecule has 2 aliphatic carbocycles. The molecule has 0 saturated heterocycles. The highest BCUT2D eigenvalue weighted by Crippen LogP contribution is 2.34. The van der Waals surface area contributed by atoms with E-state index in [1.54, 1.807) is 0 Å². The Morgan fingerprint density at radius 2 is 2.12 bits per heavy atom. The van der Waals surface area contributed by atoms with E-state index in [4.69, 9.17) is 0 Å². The maximum atomic E-state index is 4.40. The van der Waals surface area contributed by atoms with Crippen molar-refractivity contribution in [2.24, 2.45) is 11.8 Å². The topological polar surface area (TPSA) is 29.9 Å². The minimum absolute atomic E-state index is 0.585. The van der Waals surface area contributed by atoms with Gasteiger partial charge in [-0.15, -0.1) is 0 Å². The van der Waals surface area contributed by atoms with Crippen LogP contribution in [0, 0.1) is 11.8 Å². The van der Waals surface area contributed by atoms with Gasteiger partial charge in [-0.3, -0.25) is 0 Å². The van der Waals surface area contributed by atoms with Crippen LogP contribution in [0.4, 0.5) is 5.82 Å². The Morgan fingerprint density at radius 3 is 2.81 bits per heavy atom. The molecule has 1 N–H and O–H groups in total. The van der Waals surface area contributed by atoms with Crippen LogP contribution in [0.25, 0.3) is 0 Å². The van der Waals surface area contributed by atoms with Crippen LogP contribution in [0.15, 0.2) is 12.3 Å². The number of nitrogens with one attached hydrogen (secondary N) is 1. The molecule has 0 aliphatic heterocycles. The monoisotopic (exact) mass is 219 g/mol. The number of rotatable bonds is 6. The van der Waals surface area contributed by atoms with Crippen LogP contribution in [0.1, 0.15) is 39.0 Å². The molecule has 0 bridgehead atoms. The molecule has 3 rings (SSSR count). The molecular weight excluding hydrogens is 198 g/mol. The Labute approximate surface area is 97.2 Å². The second-order valence-electron chi connectivity index (χ2n) is 5.57. The summed E-state index contributed by atoms with van der Waals surface area (Å²) >= 11 is 0. The summed E-state index contributed by atoms with van der Waals surface area (Å²) in [6, 6.07) is 2.69. The Balaban J connectivity index is 1.56. The van der Waals surface area contributed by atoms with Gasteiger partial charge in [-0.2, -0.15) is 5.10 Å². The second kappa shape index (κ2) is 4.11. The smallest absolute Gasteiger partial charge is 0.124 e. The van der Waals surface area contributed by atoms with Gasteiger partial charge in [0, 0.05) is 18.7 Å². The predicted molar refractivity (Wildman–Crippen MR) is 65.4 cm³/mol. The van der Waals surface area contributed by atoms with Gasteiger partial charge in [0.25, 0.3) is 0 Å². The molecule has 2 aliphatic rings. The zero-order chi connectivity index (χ0) is 11.0. The minimum atomic E-state index is 0.585. The van der Waals surface area contributed by atoms with Crippen LogP contribution in [-0.4, -0.2) is 15.8 Å². The number of hydrogen-bond donors (Lipinski definition) is 1. The molecule has 1 aromatic heterocycles. The van der Waals surface area contributed by atoms with Crippen LogP contribution < -0.4 is 5.32 Å². The molecule has 0 aromatic carbocycles. The fourth-order valence-electron chi connectivity index (χ4n) is 2.31. The second-order valence-corrected chi connectivity index (χ2v) is 5.57. The van der Waals surface area contributed by atoms with Gasteiger partial charge in [-0.1, -0.05) is 12.8 Å². The predicted octanol–water partition coefficient (Wildman–Crippen LogP) is 2.89. The normalized spacial score (nSPS) is 22.1. The summed E-state index contributed by atoms with van der Waals surface area (Å²) in [5.74, 6) is 3.08. The van der Waals surface area contributed by atoms with E-state index >= 15 is 0 Å². The zero-order valence-corrected chi connectivity index (χ0v) is 10.0. The lowest BCUT2D eigenvalue weighted by Crippen LogP contribution is -2.19. The number of nitrogens with zero attached hydrogens (tertiary/aromatic N) is 2. The maximum Gasteiger partial charge on any atom is 0.124 e. The largest absolute Gasteiger partial charge is 0.368 e. The summed E-state index contributed by atoms with van der Waals surface area (Å²) in [5.41, 5.74) is 0. The lowest BCUT2D eigenvalue weighted by molar-refractivity contribution is 0.557. The minimum Gasteiger partial charge on any atom is -0.368 e. The highest BCUT2D eigenvalue weighted by molar-refractivity contribution is 5.35. The van der Waals surface area contributed by atoms with Gasteiger partial charge < -0.3 is 5.32 Å². The molecule has 1 atom stereocenters. The first kappa shape index (κ1) is 10.2. The molecule has 2 fully saturated rings. The molecule has 1 unspecified atom stereocenters. The van der Waals surface area contributed by atoms with Crippen molar-refractivity contribution >= 4 is 5.82 Å². The lowest BCUT2D eigenvalue weighted by atomic mass is 10.1. The van der Waals surface area contributed by atoms with Gasteiger partial charge in [0.2, 0.25) is 0 Å². The van der Waals surface area contributed by atoms with Crippen molar-refractivity contribution in [3.8, 4) is 0 Å². The van der Waals surface area contributed by atoms with Crippen LogP contribution in [0.5, 0.6) is 0 Å². The molecule has 3 heteroatoms. The third kappa shape index (κ3) is 2.57. The van der Waals surface area contributed by atoms with Crippen molar-refractivity contribution in [2.45, 2.75) is 51.6 Å². The number of aromatic nitrogens is 2. The summed E-state index contributed by atoms with van der Waals surface area (Å²) in [6.45, 7) is 3.39. The van der Waals surface area contributed by atoms with Gasteiger partial charge in [0.1, 0.15) is 5.82 Å². The number of anilines is 1. The van der Waals surface area contributed by atoms with Crippen LogP contribution in [-0.2, 0) is 6.54 Å². The van der Waals surface area contributed by atoms with Crippen molar-refractivity contribution in [3.05, 3.63) is 12.3 Å². The van der Waals surface area contributed by atoms with Crippen molar-refractivity contribution in [1.29, 1.82) is 0 Å². The van der Waals surface area contributed by atoms with Crippen molar-refractivity contribution < 1.29 is 0 Å². The van der Waals surface area contributed by atoms with Gasteiger partial charge in [0.15, 0.2) is 0 Å². The molecule has 88 valence electrons. The van der Waals surface area contributed by atoms with E-state index in [1.165, 1.54) is 37.9 Å². The molecule has 16 heavy (non-hydrogen) atoms. The lowest BCUT2D eigenvalue weighted by Gasteiger charge is -2.15. The van der Waals surface area contributed by atoms with Crippen molar-refractivity contribution in [3.63, 3.8) is 0 Å². The van der Waals surface area contributed by atoms with E-state index in [0.717, 1.165) is 18.4 Å². The summed E-state index contributed by atoms with van der Waals surface area (Å²) in [6.07, 6.45) is 8.87. The van der Waals surface area contributed by atoms with Crippen LogP contribution in [0.3, 0.4) is 0 Å². The van der Waals surface area contributed by atoms with Crippen molar-refractivity contribution in [1.82, 2.24) is 9.78 Å². The summed E-state index contributed by atoms with van der Waals surface area (Å²) < 4.78 is 2.14. The van der Waals surface area contributed by atoms with Gasteiger partial charge in [0.05, 0.1) is 6.20 Å². The van der Waals surface area contributed by atoms with Crippen molar-refractivity contribution in [2.75, 3.05) is 5.32 Å². The Bertz CT molecular complexity index is 350. The molecule has 0 radical (unpaired) electrons. The molecule has 0 spiro atoms. The van der Waals surface area contributed by atoms with E-state index in [1.807, 2.05) is 6.20 Å². The van der Waals surface area contributed by atoms with Crippen LogP contribution in [0.2, 0.25) is 0 Å². The van der Waals surface area contributed by atoms with Gasteiger partial charge in [-0.05, 0) is 38.0 Å². The first-order valence-corrected chi connectivity index (χ1v) is 6.59. The van der Waals surface area contributed by atoms with E-state index in [-0.39, 0.29) is 0 Å². The molecule has 3 nitrogen and oxygen atoms in total. The molecule has 1 aromatic rings. The van der Waals surface area contributed by atoms with Crippen LogP contribution >= 0.6 is 0 Å². The first-order valence-electron chi connectivity index (χ1n) is 6.59. The zero-order valence-electron chi connectivity index (χ0n) is 10.0. The van der Waals surface area contributed by atoms with E-state index in [2.05, 4.69) is 28.1 Å². The summed E-state index contributed by atoms with van der Waals surface area (Å²) in [5, 5.41) is 7.99. The standard InChI is InChI=1S/C13H21N3/c1-10(8-11-2-3-11)15-13-6-7-14-16(13)9-12-4-5-12/h6-7,10-12,15H,2-5,8-9H2,1H3. The first-order chi connectivity index (χ1) is 7.81. The Kier molecular flexibility index (Phi) is 2.62. The molecular formula is C13H21N3. The SMILES string of the molecule is CC(CC1CC1)Nc1ccnn1CC1CC1. The highest BCUT2D eigenvalue weighted by Gasteiger charge is 2.25. The maximum absolute atomic E-state index is 4.40. The average molecular weight is 219 g/mol. The highest BCUT2D eigenvalue weighted by atomic mass is 15.3. The fourth-order valence-corrected chi connectivity index (χ4v) is 2.31. The van der Waals surface area contributed by atoms with Gasteiger partial charge in [-0.25, -0.2) is 4.68 Å². The third-order valence-corrected chi connectivity index (χ3v) is 3.62. The molecule has 1 heterocycles. The number of hydrogen-bond acceptors (Lipinski definition) is 2. The summed E-state index contributed by atoms with van der Waals surface area (Å²) in [4.78, 5) is 0. The molecule has 0 amide bonds. The van der Waals surface area contributed by atoms with E-state index in [9.17, 15) is 0 Å². The van der Waals surface area contributed by atoms with Gasteiger partial charge >= 0.3 is 0 Å². The quantitative estimate of drug-likeness (QED) is 0.797. The third-order valence-electron chi connectivity index (χ3n) is 3.62. The fraction of sp³-hybridized carbons (Fsp3) is 0.769. The van der Waals surface area contributed by atoms with E-state index in [0.29, 0.717) is 6.04 Å². The summed E-state index contributed by atoms with van der Waals surface area (Å²) in [7, 11) is 0. The Hall–Kier alpha value is -0.990. The molecule has 2 saturated carbocycles. The Morgan fingerprint density at radius 1 is 1.38 bits per heavy atom.